The Morgan fingerprint density at radius 1 is 0.759 bits per heavy atom. The molecule has 1 heterocycles. The molecule has 0 spiro atoms. The average molecular weight is 408 g/mol. The fourth-order valence-corrected chi connectivity index (χ4v) is 3.86. The Morgan fingerprint density at radius 3 is 1.48 bits per heavy atom. The first-order chi connectivity index (χ1) is 14.0. The Kier molecular flexibility index (Phi) is 6.67. The monoisotopic (exact) mass is 408 g/mol. The van der Waals surface area contributed by atoms with Gasteiger partial charge in [0, 0.05) is 22.7 Å². The lowest BCUT2D eigenvalue weighted by molar-refractivity contribution is -0.112. The highest BCUT2D eigenvalue weighted by molar-refractivity contribution is 7.99. The van der Waals surface area contributed by atoms with Crippen LogP contribution < -0.4 is 0 Å². The molecule has 0 aromatic heterocycles. The van der Waals surface area contributed by atoms with Gasteiger partial charge < -0.3 is 9.47 Å². The van der Waals surface area contributed by atoms with Gasteiger partial charge in [-0.3, -0.25) is 4.79 Å². The molecule has 1 saturated heterocycles. The highest BCUT2D eigenvalue weighted by atomic mass is 32.2. The van der Waals surface area contributed by atoms with Crippen molar-refractivity contribution < 1.29 is 23.9 Å². The number of benzene rings is 2. The Labute approximate surface area is 173 Å². The number of ketones is 1. The second kappa shape index (κ2) is 9.39. The number of hydrogen-bond acceptors (Lipinski definition) is 6. The first kappa shape index (κ1) is 20.6. The summed E-state index contributed by atoms with van der Waals surface area (Å²) >= 11 is 1.67. The van der Waals surface area contributed by atoms with Crippen molar-refractivity contribution in [1.82, 2.24) is 0 Å². The third kappa shape index (κ3) is 5.03. The number of rotatable bonds is 4. The summed E-state index contributed by atoms with van der Waals surface area (Å²) in [5, 5.41) is 0. The number of Topliss-reactive ketones (excluding diaryl/α,β-unsaturated/α-hetero) is 1. The lowest BCUT2D eigenvalue weighted by Crippen LogP contribution is -2.16. The third-order valence-electron chi connectivity index (χ3n) is 4.44. The molecular weight excluding hydrogens is 388 g/mol. The van der Waals surface area contributed by atoms with Gasteiger partial charge >= 0.3 is 11.9 Å². The maximum atomic E-state index is 12.9. The molecule has 1 aliphatic rings. The summed E-state index contributed by atoms with van der Waals surface area (Å²) in [4.78, 5) is 35.9. The van der Waals surface area contributed by atoms with Crippen LogP contribution in [0.25, 0.3) is 12.2 Å². The molecule has 0 radical (unpaired) electrons. The summed E-state index contributed by atoms with van der Waals surface area (Å²) in [7, 11) is 2.68. The predicted molar refractivity (Wildman–Crippen MR) is 114 cm³/mol. The van der Waals surface area contributed by atoms with E-state index in [9.17, 15) is 14.4 Å². The minimum absolute atomic E-state index is 0.0119. The van der Waals surface area contributed by atoms with Crippen molar-refractivity contribution in [2.75, 3.05) is 25.7 Å². The molecule has 148 valence electrons. The molecule has 0 bridgehead atoms. The number of methoxy groups -OCH3 is 2. The van der Waals surface area contributed by atoms with Crippen molar-refractivity contribution >= 4 is 41.6 Å². The summed E-state index contributed by atoms with van der Waals surface area (Å²) in [6.45, 7) is 0. The van der Waals surface area contributed by atoms with E-state index in [-0.39, 0.29) is 5.78 Å². The minimum atomic E-state index is -0.392. The summed E-state index contributed by atoms with van der Waals surface area (Å²) in [6, 6.07) is 13.9. The molecule has 0 N–H and O–H groups in total. The van der Waals surface area contributed by atoms with E-state index in [1.54, 1.807) is 60.3 Å². The van der Waals surface area contributed by atoms with Crippen LogP contribution in [-0.2, 0) is 14.3 Å². The summed E-state index contributed by atoms with van der Waals surface area (Å²) in [5.74, 6) is 0.499. The second-order valence-corrected chi connectivity index (χ2v) is 7.37. The van der Waals surface area contributed by atoms with Crippen molar-refractivity contribution in [2.24, 2.45) is 0 Å². The van der Waals surface area contributed by atoms with E-state index in [4.69, 9.17) is 9.47 Å². The molecule has 0 amide bonds. The van der Waals surface area contributed by atoms with Gasteiger partial charge in [0.05, 0.1) is 25.3 Å². The van der Waals surface area contributed by atoms with Gasteiger partial charge in [0.2, 0.25) is 0 Å². The fourth-order valence-electron chi connectivity index (χ4n) is 2.89. The van der Waals surface area contributed by atoms with Crippen molar-refractivity contribution in [3.8, 4) is 0 Å². The molecule has 1 fully saturated rings. The third-order valence-corrected chi connectivity index (χ3v) is 5.47. The van der Waals surface area contributed by atoms with E-state index >= 15 is 0 Å². The van der Waals surface area contributed by atoms with E-state index < -0.39 is 11.9 Å². The number of esters is 2. The van der Waals surface area contributed by atoms with E-state index in [2.05, 4.69) is 0 Å². The SMILES string of the molecule is COC(=O)c1ccc(/C=C2\CSC/C(=C\c3ccc(C(=O)OC)cc3)C2=O)cc1. The van der Waals surface area contributed by atoms with Crippen LogP contribution in [0.3, 0.4) is 0 Å². The number of carbonyl (C=O) groups excluding carboxylic acids is 3. The van der Waals surface area contributed by atoms with E-state index in [1.807, 2.05) is 12.2 Å². The first-order valence-corrected chi connectivity index (χ1v) is 10.1. The van der Waals surface area contributed by atoms with Crippen LogP contribution in [-0.4, -0.2) is 43.4 Å². The molecule has 1 aliphatic heterocycles. The molecule has 5 nitrogen and oxygen atoms in total. The fraction of sp³-hybridized carbons (Fsp3) is 0.174. The van der Waals surface area contributed by atoms with Crippen LogP contribution in [0.4, 0.5) is 0 Å². The molecule has 2 aromatic carbocycles. The number of thioether (sulfide) groups is 1. The molecule has 0 aliphatic carbocycles. The van der Waals surface area contributed by atoms with Gasteiger partial charge in [0.15, 0.2) is 5.78 Å². The van der Waals surface area contributed by atoms with Gasteiger partial charge in [-0.1, -0.05) is 24.3 Å². The van der Waals surface area contributed by atoms with Gasteiger partial charge in [0.25, 0.3) is 0 Å². The van der Waals surface area contributed by atoms with Gasteiger partial charge in [-0.15, -0.1) is 0 Å². The van der Waals surface area contributed by atoms with E-state index in [0.717, 1.165) is 11.1 Å². The van der Waals surface area contributed by atoms with Crippen molar-refractivity contribution in [1.29, 1.82) is 0 Å². The highest BCUT2D eigenvalue weighted by Gasteiger charge is 2.21. The number of ether oxygens (including phenoxy) is 2. The lowest BCUT2D eigenvalue weighted by atomic mass is 10.00. The average Bonchev–Trinajstić information content (AvgIpc) is 2.76. The van der Waals surface area contributed by atoms with Crippen LogP contribution in [0, 0.1) is 0 Å². The molecule has 29 heavy (non-hydrogen) atoms. The van der Waals surface area contributed by atoms with Gasteiger partial charge in [-0.05, 0) is 47.5 Å². The topological polar surface area (TPSA) is 69.7 Å². The zero-order chi connectivity index (χ0) is 20.8. The van der Waals surface area contributed by atoms with E-state index in [0.29, 0.717) is 33.8 Å². The van der Waals surface area contributed by atoms with Gasteiger partial charge in [-0.25, -0.2) is 9.59 Å². The van der Waals surface area contributed by atoms with Crippen LogP contribution >= 0.6 is 11.8 Å². The molecule has 3 rings (SSSR count). The summed E-state index contributed by atoms with van der Waals surface area (Å²) < 4.78 is 9.39. The van der Waals surface area contributed by atoms with Crippen LogP contribution in [0.5, 0.6) is 0 Å². The van der Waals surface area contributed by atoms with Crippen LogP contribution in [0.1, 0.15) is 31.8 Å². The second-order valence-electron chi connectivity index (χ2n) is 6.39. The number of hydrogen-bond donors (Lipinski definition) is 0. The highest BCUT2D eigenvalue weighted by Crippen LogP contribution is 2.27. The molecule has 0 atom stereocenters. The Balaban J connectivity index is 1.79. The van der Waals surface area contributed by atoms with Gasteiger partial charge in [0.1, 0.15) is 0 Å². The first-order valence-electron chi connectivity index (χ1n) is 8.92. The smallest absolute Gasteiger partial charge is 0.337 e. The number of carbonyl (C=O) groups is 3. The molecule has 6 heteroatoms. The summed E-state index contributed by atoms with van der Waals surface area (Å²) in [5.41, 5.74) is 4.06. The molecular formula is C23H20O5S. The molecule has 2 aromatic rings. The Morgan fingerprint density at radius 2 is 1.14 bits per heavy atom. The molecule has 0 saturated carbocycles. The minimum Gasteiger partial charge on any atom is -0.465 e. The Hall–Kier alpha value is -3.12. The van der Waals surface area contributed by atoms with Crippen LogP contribution in [0.2, 0.25) is 0 Å². The van der Waals surface area contributed by atoms with Crippen molar-refractivity contribution in [3.05, 3.63) is 81.9 Å². The summed E-state index contributed by atoms with van der Waals surface area (Å²) in [6.07, 6.45) is 3.70. The quantitative estimate of drug-likeness (QED) is 0.562. The lowest BCUT2D eigenvalue weighted by Gasteiger charge is -2.16. The zero-order valence-electron chi connectivity index (χ0n) is 16.1. The predicted octanol–water partition coefficient (Wildman–Crippen LogP) is 4.04. The zero-order valence-corrected chi connectivity index (χ0v) is 17.0. The molecule has 0 unspecified atom stereocenters. The maximum absolute atomic E-state index is 12.9. The van der Waals surface area contributed by atoms with Crippen LogP contribution in [0.15, 0.2) is 59.7 Å². The Bertz CT molecular complexity index is 905. The van der Waals surface area contributed by atoms with Crippen molar-refractivity contribution in [2.45, 2.75) is 0 Å². The van der Waals surface area contributed by atoms with Crippen molar-refractivity contribution in [3.63, 3.8) is 0 Å². The normalized spacial score (nSPS) is 16.7. The van der Waals surface area contributed by atoms with E-state index in [1.165, 1.54) is 14.2 Å². The maximum Gasteiger partial charge on any atom is 0.337 e. The van der Waals surface area contributed by atoms with Gasteiger partial charge in [-0.2, -0.15) is 11.8 Å². The standard InChI is InChI=1S/C23H20O5S/c1-27-22(25)17-7-3-15(4-8-17)11-19-13-29-14-20(21(19)24)12-16-5-9-18(10-6-16)23(26)28-2/h3-12H,13-14H2,1-2H3/b19-11+,20-12+. The largest absolute Gasteiger partial charge is 0.465 e.